The summed E-state index contributed by atoms with van der Waals surface area (Å²) < 4.78 is 0. The Morgan fingerprint density at radius 1 is 1.09 bits per heavy atom. The standard InChI is InChI=1S/C17H15N3OS/c1-11-6-5-7-13(12(11)2)16(21)20-17-19-15(10-22-17)14-8-3-4-9-18-14/h3-10H,1-2H3,(H,19,20,21). The number of hydrogen-bond donors (Lipinski definition) is 1. The van der Waals surface area contributed by atoms with E-state index in [1.165, 1.54) is 11.3 Å². The zero-order valence-corrected chi connectivity index (χ0v) is 13.1. The van der Waals surface area contributed by atoms with Crippen LogP contribution in [0.15, 0.2) is 48.0 Å². The summed E-state index contributed by atoms with van der Waals surface area (Å²) in [6.45, 7) is 3.94. The molecule has 3 aromatic rings. The maximum atomic E-state index is 12.4. The van der Waals surface area contributed by atoms with Gasteiger partial charge in [-0.15, -0.1) is 11.3 Å². The van der Waals surface area contributed by atoms with Crippen molar-refractivity contribution < 1.29 is 4.79 Å². The molecule has 2 heterocycles. The van der Waals surface area contributed by atoms with Crippen molar-refractivity contribution in [1.82, 2.24) is 9.97 Å². The molecule has 0 radical (unpaired) electrons. The van der Waals surface area contributed by atoms with Crippen LogP contribution in [0.25, 0.3) is 11.4 Å². The minimum atomic E-state index is -0.136. The highest BCUT2D eigenvalue weighted by molar-refractivity contribution is 7.14. The van der Waals surface area contributed by atoms with Crippen molar-refractivity contribution in [3.63, 3.8) is 0 Å². The predicted molar refractivity (Wildman–Crippen MR) is 89.2 cm³/mol. The van der Waals surface area contributed by atoms with Gasteiger partial charge in [0.05, 0.1) is 5.69 Å². The molecule has 0 atom stereocenters. The lowest BCUT2D eigenvalue weighted by molar-refractivity contribution is 0.102. The van der Waals surface area contributed by atoms with Gasteiger partial charge in [-0.3, -0.25) is 15.1 Å². The quantitative estimate of drug-likeness (QED) is 0.793. The van der Waals surface area contributed by atoms with E-state index in [0.717, 1.165) is 22.5 Å². The van der Waals surface area contributed by atoms with Gasteiger partial charge in [-0.05, 0) is 43.2 Å². The lowest BCUT2D eigenvalue weighted by atomic mass is 10.0. The molecule has 4 nitrogen and oxygen atoms in total. The number of nitrogens with one attached hydrogen (secondary N) is 1. The van der Waals surface area contributed by atoms with E-state index in [1.54, 1.807) is 6.20 Å². The van der Waals surface area contributed by atoms with E-state index in [1.807, 2.05) is 55.6 Å². The molecule has 1 N–H and O–H groups in total. The zero-order valence-electron chi connectivity index (χ0n) is 12.3. The first-order valence-electron chi connectivity index (χ1n) is 6.89. The van der Waals surface area contributed by atoms with Crippen molar-refractivity contribution in [3.8, 4) is 11.4 Å². The number of thiazole rings is 1. The SMILES string of the molecule is Cc1cccc(C(=O)Nc2nc(-c3ccccn3)cs2)c1C. The van der Waals surface area contributed by atoms with Gasteiger partial charge in [0.2, 0.25) is 0 Å². The monoisotopic (exact) mass is 309 g/mol. The van der Waals surface area contributed by atoms with Gasteiger partial charge in [-0.2, -0.15) is 0 Å². The molecule has 1 aromatic carbocycles. The van der Waals surface area contributed by atoms with E-state index in [4.69, 9.17) is 0 Å². The van der Waals surface area contributed by atoms with Crippen LogP contribution in [0.4, 0.5) is 5.13 Å². The van der Waals surface area contributed by atoms with E-state index >= 15 is 0 Å². The van der Waals surface area contributed by atoms with E-state index in [-0.39, 0.29) is 5.91 Å². The Hall–Kier alpha value is -2.53. The van der Waals surface area contributed by atoms with Crippen LogP contribution < -0.4 is 5.32 Å². The summed E-state index contributed by atoms with van der Waals surface area (Å²) in [5.41, 5.74) is 4.32. The van der Waals surface area contributed by atoms with Crippen LogP contribution in [-0.2, 0) is 0 Å². The third-order valence-electron chi connectivity index (χ3n) is 3.50. The van der Waals surface area contributed by atoms with Crippen LogP contribution in [0.1, 0.15) is 21.5 Å². The molecule has 110 valence electrons. The number of pyridine rings is 1. The number of carbonyl (C=O) groups is 1. The first-order valence-corrected chi connectivity index (χ1v) is 7.77. The van der Waals surface area contributed by atoms with Gasteiger partial charge in [0.25, 0.3) is 5.91 Å². The molecule has 0 fully saturated rings. The summed E-state index contributed by atoms with van der Waals surface area (Å²) >= 11 is 1.39. The second kappa shape index (κ2) is 6.07. The molecule has 2 aromatic heterocycles. The Bertz CT molecular complexity index is 812. The molecule has 0 unspecified atom stereocenters. The normalized spacial score (nSPS) is 10.5. The molecule has 1 amide bonds. The molecule has 0 saturated carbocycles. The van der Waals surface area contributed by atoms with Gasteiger partial charge in [-0.1, -0.05) is 18.2 Å². The first-order chi connectivity index (χ1) is 10.6. The van der Waals surface area contributed by atoms with Crippen LogP contribution in [-0.4, -0.2) is 15.9 Å². The number of amides is 1. The summed E-state index contributed by atoms with van der Waals surface area (Å²) in [6, 6.07) is 11.4. The molecule has 22 heavy (non-hydrogen) atoms. The summed E-state index contributed by atoms with van der Waals surface area (Å²) in [5, 5.41) is 5.32. The molecule has 0 aliphatic carbocycles. The molecular weight excluding hydrogens is 294 g/mol. The topological polar surface area (TPSA) is 54.9 Å². The van der Waals surface area contributed by atoms with Gasteiger partial charge in [0.15, 0.2) is 5.13 Å². The number of rotatable bonds is 3. The fraction of sp³-hybridized carbons (Fsp3) is 0.118. The highest BCUT2D eigenvalue weighted by Crippen LogP contribution is 2.24. The van der Waals surface area contributed by atoms with Crippen LogP contribution in [0.2, 0.25) is 0 Å². The highest BCUT2D eigenvalue weighted by Gasteiger charge is 2.13. The van der Waals surface area contributed by atoms with Crippen molar-refractivity contribution in [1.29, 1.82) is 0 Å². The van der Waals surface area contributed by atoms with E-state index in [2.05, 4.69) is 15.3 Å². The first kappa shape index (κ1) is 14.4. The summed E-state index contributed by atoms with van der Waals surface area (Å²) in [4.78, 5) is 21.1. The maximum absolute atomic E-state index is 12.4. The number of anilines is 1. The number of aryl methyl sites for hydroxylation is 1. The number of benzene rings is 1. The van der Waals surface area contributed by atoms with E-state index in [0.29, 0.717) is 10.7 Å². The Balaban J connectivity index is 1.81. The van der Waals surface area contributed by atoms with Crippen molar-refractivity contribution >= 4 is 22.4 Å². The van der Waals surface area contributed by atoms with Crippen molar-refractivity contribution in [2.45, 2.75) is 13.8 Å². The second-order valence-electron chi connectivity index (χ2n) is 4.95. The van der Waals surface area contributed by atoms with E-state index in [9.17, 15) is 4.79 Å². The third kappa shape index (κ3) is 2.89. The Morgan fingerprint density at radius 2 is 1.95 bits per heavy atom. The Kier molecular flexibility index (Phi) is 3.98. The molecule has 0 spiro atoms. The van der Waals surface area contributed by atoms with Crippen LogP contribution in [0.5, 0.6) is 0 Å². The lowest BCUT2D eigenvalue weighted by Gasteiger charge is -2.07. The van der Waals surface area contributed by atoms with Gasteiger partial charge in [0.1, 0.15) is 5.69 Å². The van der Waals surface area contributed by atoms with Gasteiger partial charge < -0.3 is 0 Å². The minimum Gasteiger partial charge on any atom is -0.298 e. The van der Waals surface area contributed by atoms with Crippen LogP contribution in [0.3, 0.4) is 0 Å². The molecule has 0 aliphatic rings. The van der Waals surface area contributed by atoms with Crippen molar-refractivity contribution in [3.05, 3.63) is 64.7 Å². The predicted octanol–water partition coefficient (Wildman–Crippen LogP) is 4.07. The third-order valence-corrected chi connectivity index (χ3v) is 4.26. The van der Waals surface area contributed by atoms with Gasteiger partial charge in [0, 0.05) is 17.1 Å². The minimum absolute atomic E-state index is 0.136. The largest absolute Gasteiger partial charge is 0.298 e. The molecule has 0 aliphatic heterocycles. The number of carbonyl (C=O) groups excluding carboxylic acids is 1. The average molecular weight is 309 g/mol. The van der Waals surface area contributed by atoms with Crippen LogP contribution >= 0.6 is 11.3 Å². The number of nitrogens with zero attached hydrogens (tertiary/aromatic N) is 2. The van der Waals surface area contributed by atoms with Crippen LogP contribution in [0, 0.1) is 13.8 Å². The average Bonchev–Trinajstić information content (AvgIpc) is 2.99. The molecule has 3 rings (SSSR count). The van der Waals surface area contributed by atoms with E-state index < -0.39 is 0 Å². The fourth-order valence-corrected chi connectivity index (χ4v) is 2.82. The summed E-state index contributed by atoms with van der Waals surface area (Å²) in [5.74, 6) is -0.136. The molecular formula is C17H15N3OS. The van der Waals surface area contributed by atoms with Gasteiger partial charge >= 0.3 is 0 Å². The number of hydrogen-bond acceptors (Lipinski definition) is 4. The Morgan fingerprint density at radius 3 is 2.73 bits per heavy atom. The van der Waals surface area contributed by atoms with Gasteiger partial charge in [-0.25, -0.2) is 4.98 Å². The number of aromatic nitrogens is 2. The van der Waals surface area contributed by atoms with Crippen molar-refractivity contribution in [2.75, 3.05) is 5.32 Å². The lowest BCUT2D eigenvalue weighted by Crippen LogP contribution is -2.13. The highest BCUT2D eigenvalue weighted by atomic mass is 32.1. The summed E-state index contributed by atoms with van der Waals surface area (Å²) in [7, 11) is 0. The molecule has 0 saturated heterocycles. The van der Waals surface area contributed by atoms with Crippen molar-refractivity contribution in [2.24, 2.45) is 0 Å². The molecule has 0 bridgehead atoms. The summed E-state index contributed by atoms with van der Waals surface area (Å²) in [6.07, 6.45) is 1.73. The zero-order chi connectivity index (χ0) is 15.5. The second-order valence-corrected chi connectivity index (χ2v) is 5.81. The molecule has 5 heteroatoms. The Labute approximate surface area is 132 Å². The maximum Gasteiger partial charge on any atom is 0.257 e. The smallest absolute Gasteiger partial charge is 0.257 e. The fourth-order valence-electron chi connectivity index (χ4n) is 2.12.